The van der Waals surface area contributed by atoms with Gasteiger partial charge in [-0.3, -0.25) is 0 Å². The summed E-state index contributed by atoms with van der Waals surface area (Å²) < 4.78 is 13.6. The number of aliphatic hydroxyl groups excluding tert-OH is 1. The first-order valence-corrected chi connectivity index (χ1v) is 9.89. The quantitative estimate of drug-likeness (QED) is 0.690. The summed E-state index contributed by atoms with van der Waals surface area (Å²) >= 11 is 0. The van der Waals surface area contributed by atoms with Crippen molar-refractivity contribution in [3.63, 3.8) is 0 Å². The smallest absolute Gasteiger partial charge is 0.224 e. The van der Waals surface area contributed by atoms with Crippen molar-refractivity contribution >= 4 is 0 Å². The molecule has 0 amide bonds. The fourth-order valence-electron chi connectivity index (χ4n) is 5.14. The normalized spacial score (nSPS) is 36.0. The minimum atomic E-state index is -0.837. The van der Waals surface area contributed by atoms with Crippen molar-refractivity contribution in [2.45, 2.75) is 75.6 Å². The molecule has 0 aliphatic heterocycles. The van der Waals surface area contributed by atoms with Crippen molar-refractivity contribution in [2.75, 3.05) is 27.2 Å². The molecule has 0 bridgehead atoms. The zero-order chi connectivity index (χ0) is 18.4. The Morgan fingerprint density at radius 1 is 1.16 bits per heavy atom. The molecule has 0 aromatic heterocycles. The summed E-state index contributed by atoms with van der Waals surface area (Å²) in [6.45, 7) is 8.25. The summed E-state index contributed by atoms with van der Waals surface area (Å²) in [5.41, 5.74) is -0.837. The molecule has 0 saturated heterocycles. The highest BCUT2D eigenvalue weighted by molar-refractivity contribution is 5.01. The fourth-order valence-corrected chi connectivity index (χ4v) is 5.14. The molecule has 0 radical (unpaired) electrons. The summed E-state index contributed by atoms with van der Waals surface area (Å²) in [4.78, 5) is 5.79. The highest BCUT2D eigenvalue weighted by Crippen LogP contribution is 2.48. The maximum absolute atomic E-state index is 13.6. The maximum atomic E-state index is 13.6. The Hall–Kier alpha value is -0.700. The molecule has 2 fully saturated rings. The minimum absolute atomic E-state index is 0.0136. The SMILES string of the molecule is [C-]#[N+]C1CCC(C(O)(CCCN(C)C)C2CCC(F)CC2)C(CO)C1. The summed E-state index contributed by atoms with van der Waals surface area (Å²) in [5.74, 6) is 0.129. The van der Waals surface area contributed by atoms with Crippen LogP contribution >= 0.6 is 0 Å². The predicted octanol–water partition coefficient (Wildman–Crippen LogP) is 3.28. The molecule has 0 aromatic rings. The van der Waals surface area contributed by atoms with Gasteiger partial charge in [0, 0.05) is 19.4 Å². The maximum Gasteiger partial charge on any atom is 0.224 e. The van der Waals surface area contributed by atoms with E-state index in [-0.39, 0.29) is 30.4 Å². The van der Waals surface area contributed by atoms with Crippen molar-refractivity contribution in [3.05, 3.63) is 11.4 Å². The van der Waals surface area contributed by atoms with E-state index in [0.29, 0.717) is 25.7 Å². The lowest BCUT2D eigenvalue weighted by Crippen LogP contribution is -2.52. The number of hydrogen-bond donors (Lipinski definition) is 2. The Bertz CT molecular complexity index is 445. The Kier molecular flexibility index (Phi) is 7.67. The van der Waals surface area contributed by atoms with Gasteiger partial charge in [-0.05, 0) is 83.3 Å². The van der Waals surface area contributed by atoms with Gasteiger partial charge in [-0.15, -0.1) is 0 Å². The molecule has 4 nitrogen and oxygen atoms in total. The van der Waals surface area contributed by atoms with E-state index in [1.165, 1.54) is 0 Å². The Balaban J connectivity index is 2.16. The van der Waals surface area contributed by atoms with E-state index in [2.05, 4.69) is 9.74 Å². The molecular formula is C20H35FN2O2. The second-order valence-corrected chi connectivity index (χ2v) is 8.49. The van der Waals surface area contributed by atoms with Crippen LogP contribution in [0.15, 0.2) is 0 Å². The molecule has 2 aliphatic carbocycles. The molecule has 2 saturated carbocycles. The first-order chi connectivity index (χ1) is 11.9. The van der Waals surface area contributed by atoms with Crippen LogP contribution in [-0.2, 0) is 0 Å². The lowest BCUT2D eigenvalue weighted by molar-refractivity contribution is -0.126. The number of rotatable bonds is 7. The molecule has 0 heterocycles. The standard InChI is InChI=1S/C20H35FN2O2/c1-22-18-9-10-19(15(13-18)14-24)20(25,11-4-12-23(2)3)16-5-7-17(21)8-6-16/h15-19,24-25H,4-14H2,2-3H3. The minimum Gasteiger partial charge on any atom is -0.396 e. The molecule has 0 spiro atoms. The van der Waals surface area contributed by atoms with Gasteiger partial charge in [-0.1, -0.05) is 0 Å². The highest BCUT2D eigenvalue weighted by Gasteiger charge is 2.49. The van der Waals surface area contributed by atoms with E-state index in [4.69, 9.17) is 6.57 Å². The van der Waals surface area contributed by atoms with Crippen molar-refractivity contribution in [1.82, 2.24) is 4.90 Å². The van der Waals surface area contributed by atoms with Gasteiger partial charge in [0.25, 0.3) is 0 Å². The van der Waals surface area contributed by atoms with Crippen LogP contribution in [0.5, 0.6) is 0 Å². The molecule has 2 aliphatic rings. The molecule has 144 valence electrons. The fraction of sp³-hybridized carbons (Fsp3) is 0.950. The molecule has 4 unspecified atom stereocenters. The van der Waals surface area contributed by atoms with Crippen LogP contribution in [0, 0.1) is 24.3 Å². The third-order valence-electron chi connectivity index (χ3n) is 6.56. The largest absolute Gasteiger partial charge is 0.396 e. The van der Waals surface area contributed by atoms with Gasteiger partial charge in [0.2, 0.25) is 6.04 Å². The first-order valence-electron chi connectivity index (χ1n) is 9.89. The van der Waals surface area contributed by atoms with Gasteiger partial charge >= 0.3 is 0 Å². The molecule has 2 rings (SSSR count). The zero-order valence-corrected chi connectivity index (χ0v) is 15.8. The van der Waals surface area contributed by atoms with Gasteiger partial charge in [0.15, 0.2) is 0 Å². The van der Waals surface area contributed by atoms with Crippen LogP contribution in [0.1, 0.15) is 57.8 Å². The second kappa shape index (κ2) is 9.30. The van der Waals surface area contributed by atoms with Gasteiger partial charge in [0.1, 0.15) is 6.17 Å². The third kappa shape index (κ3) is 5.15. The Morgan fingerprint density at radius 3 is 2.40 bits per heavy atom. The Labute approximate surface area is 152 Å². The molecule has 4 atom stereocenters. The van der Waals surface area contributed by atoms with Crippen LogP contribution in [0.4, 0.5) is 4.39 Å². The van der Waals surface area contributed by atoms with E-state index in [9.17, 15) is 14.6 Å². The summed E-state index contributed by atoms with van der Waals surface area (Å²) in [5, 5.41) is 21.7. The van der Waals surface area contributed by atoms with E-state index in [0.717, 1.165) is 38.6 Å². The van der Waals surface area contributed by atoms with E-state index >= 15 is 0 Å². The van der Waals surface area contributed by atoms with Gasteiger partial charge in [0.05, 0.1) is 5.60 Å². The first kappa shape index (κ1) is 20.6. The van der Waals surface area contributed by atoms with Crippen molar-refractivity contribution < 1.29 is 14.6 Å². The van der Waals surface area contributed by atoms with E-state index < -0.39 is 11.8 Å². The third-order valence-corrected chi connectivity index (χ3v) is 6.56. The van der Waals surface area contributed by atoms with Crippen LogP contribution < -0.4 is 0 Å². The van der Waals surface area contributed by atoms with Crippen LogP contribution in [-0.4, -0.2) is 60.2 Å². The number of hydrogen-bond acceptors (Lipinski definition) is 3. The molecular weight excluding hydrogens is 319 g/mol. The number of alkyl halides is 1. The summed E-state index contributed by atoms with van der Waals surface area (Å²) in [7, 11) is 4.07. The molecule has 25 heavy (non-hydrogen) atoms. The van der Waals surface area contributed by atoms with Crippen LogP contribution in [0.2, 0.25) is 0 Å². The lowest BCUT2D eigenvalue weighted by atomic mass is 9.60. The van der Waals surface area contributed by atoms with Gasteiger partial charge in [-0.25, -0.2) is 11.0 Å². The summed E-state index contributed by atoms with van der Waals surface area (Å²) in [6, 6.07) is -0.0268. The number of nitrogens with zero attached hydrogens (tertiary/aromatic N) is 2. The van der Waals surface area contributed by atoms with Crippen molar-refractivity contribution in [1.29, 1.82) is 0 Å². The van der Waals surface area contributed by atoms with Crippen molar-refractivity contribution in [3.8, 4) is 0 Å². The average Bonchev–Trinajstić information content (AvgIpc) is 2.61. The van der Waals surface area contributed by atoms with Crippen molar-refractivity contribution in [2.24, 2.45) is 17.8 Å². The molecule has 2 N–H and O–H groups in total. The van der Waals surface area contributed by atoms with Gasteiger partial charge in [-0.2, -0.15) is 0 Å². The molecule has 0 aromatic carbocycles. The number of halogens is 1. The van der Waals surface area contributed by atoms with E-state index in [1.807, 2.05) is 14.1 Å². The number of aliphatic hydroxyl groups is 2. The Morgan fingerprint density at radius 2 is 1.84 bits per heavy atom. The van der Waals surface area contributed by atoms with E-state index in [1.54, 1.807) is 0 Å². The second-order valence-electron chi connectivity index (χ2n) is 8.49. The monoisotopic (exact) mass is 354 g/mol. The average molecular weight is 355 g/mol. The van der Waals surface area contributed by atoms with Crippen LogP contribution in [0.3, 0.4) is 0 Å². The van der Waals surface area contributed by atoms with Crippen LogP contribution in [0.25, 0.3) is 4.85 Å². The lowest BCUT2D eigenvalue weighted by Gasteiger charge is -2.49. The summed E-state index contributed by atoms with van der Waals surface area (Å²) in [6.07, 6.45) is 5.72. The highest BCUT2D eigenvalue weighted by atomic mass is 19.1. The zero-order valence-electron chi connectivity index (χ0n) is 15.8. The van der Waals surface area contributed by atoms with Gasteiger partial charge < -0.3 is 20.0 Å². The topological polar surface area (TPSA) is 48.1 Å². The molecule has 5 heteroatoms. The predicted molar refractivity (Wildman–Crippen MR) is 97.9 cm³/mol.